The van der Waals surface area contributed by atoms with Crippen molar-refractivity contribution in [3.05, 3.63) is 57.6 Å². The second kappa shape index (κ2) is 10.3. The van der Waals surface area contributed by atoms with Crippen LogP contribution in [-0.4, -0.2) is 40.7 Å². The summed E-state index contributed by atoms with van der Waals surface area (Å²) < 4.78 is 13.3. The Morgan fingerprint density at radius 3 is 2.90 bits per heavy atom. The van der Waals surface area contributed by atoms with Crippen LogP contribution in [0.4, 0.5) is 10.1 Å². The minimum absolute atomic E-state index is 0.197. The van der Waals surface area contributed by atoms with Gasteiger partial charge < -0.3 is 10.8 Å². The summed E-state index contributed by atoms with van der Waals surface area (Å²) in [5.41, 5.74) is 8.73. The summed E-state index contributed by atoms with van der Waals surface area (Å²) in [7, 11) is 0. The number of aromatic nitrogens is 1. The highest BCUT2D eigenvalue weighted by molar-refractivity contribution is 7.12. The Bertz CT molecular complexity index is 871. The van der Waals surface area contributed by atoms with Crippen molar-refractivity contribution in [3.63, 3.8) is 0 Å². The van der Waals surface area contributed by atoms with Crippen LogP contribution in [0.3, 0.4) is 0 Å². The number of aliphatic hydroxyl groups is 1. The van der Waals surface area contributed by atoms with Gasteiger partial charge in [-0.05, 0) is 50.3 Å². The van der Waals surface area contributed by atoms with Gasteiger partial charge in [-0.25, -0.2) is 10.2 Å². The molecule has 1 aliphatic heterocycles. The van der Waals surface area contributed by atoms with E-state index in [2.05, 4.69) is 29.8 Å². The van der Waals surface area contributed by atoms with Gasteiger partial charge in [-0.1, -0.05) is 6.92 Å². The lowest BCUT2D eigenvalue weighted by Crippen LogP contribution is -2.42. The van der Waals surface area contributed by atoms with Gasteiger partial charge in [0.1, 0.15) is 5.82 Å². The fourth-order valence-corrected chi connectivity index (χ4v) is 5.31. The number of hydrogen-bond donors (Lipinski definition) is 3. The molecule has 0 aromatic carbocycles. The molecule has 1 fully saturated rings. The average Bonchev–Trinajstić information content (AvgIpc) is 3.13. The molecule has 164 valence electrons. The molecular formula is C22H32FN5OS. The first-order valence-electron chi connectivity index (χ1n) is 10.5. The van der Waals surface area contributed by atoms with Gasteiger partial charge in [0.2, 0.25) is 0 Å². The van der Waals surface area contributed by atoms with Crippen molar-refractivity contribution in [2.45, 2.75) is 51.5 Å². The third-order valence-corrected chi connectivity index (χ3v) is 7.07. The molecule has 8 heteroatoms. The van der Waals surface area contributed by atoms with Gasteiger partial charge in [0, 0.05) is 53.3 Å². The van der Waals surface area contributed by atoms with Crippen LogP contribution >= 0.6 is 11.3 Å². The molecule has 2 aromatic heterocycles. The zero-order chi connectivity index (χ0) is 21.7. The molecule has 3 rings (SSSR count). The van der Waals surface area contributed by atoms with Crippen molar-refractivity contribution in [3.8, 4) is 0 Å². The summed E-state index contributed by atoms with van der Waals surface area (Å²) in [6, 6.07) is 4.04. The van der Waals surface area contributed by atoms with Crippen LogP contribution < -0.4 is 16.6 Å². The third kappa shape index (κ3) is 5.57. The maximum absolute atomic E-state index is 13.3. The SMILES string of the molecule is CCc1cc(C2CCN(C/C(N)=C/N(N)c3cncc(F)c3)C(C)C2)c(CCO)s1. The lowest BCUT2D eigenvalue weighted by molar-refractivity contribution is 0.158. The Morgan fingerprint density at radius 1 is 1.43 bits per heavy atom. The van der Waals surface area contributed by atoms with E-state index in [0.29, 0.717) is 29.9 Å². The van der Waals surface area contributed by atoms with Crippen LogP contribution in [0.25, 0.3) is 0 Å². The third-order valence-electron chi connectivity index (χ3n) is 5.71. The monoisotopic (exact) mass is 433 g/mol. The van der Waals surface area contributed by atoms with Crippen molar-refractivity contribution < 1.29 is 9.50 Å². The number of rotatable bonds is 8. The number of aliphatic hydroxyl groups excluding tert-OH is 1. The lowest BCUT2D eigenvalue weighted by Gasteiger charge is -2.38. The van der Waals surface area contributed by atoms with Crippen molar-refractivity contribution in [2.24, 2.45) is 11.6 Å². The summed E-state index contributed by atoms with van der Waals surface area (Å²) in [5, 5.41) is 10.7. The fourth-order valence-electron chi connectivity index (χ4n) is 4.13. The molecule has 0 aliphatic carbocycles. The molecule has 5 N–H and O–H groups in total. The van der Waals surface area contributed by atoms with E-state index in [4.69, 9.17) is 11.6 Å². The predicted octanol–water partition coefficient (Wildman–Crippen LogP) is 3.13. The van der Waals surface area contributed by atoms with E-state index in [1.165, 1.54) is 32.6 Å². The van der Waals surface area contributed by atoms with Crippen molar-refractivity contribution in [2.75, 3.05) is 24.7 Å². The van der Waals surface area contributed by atoms with Crippen LogP contribution in [0.1, 0.15) is 47.9 Å². The van der Waals surface area contributed by atoms with Gasteiger partial charge in [0.15, 0.2) is 0 Å². The van der Waals surface area contributed by atoms with Gasteiger partial charge in [0.25, 0.3) is 0 Å². The van der Waals surface area contributed by atoms with Crippen LogP contribution in [-0.2, 0) is 12.8 Å². The maximum atomic E-state index is 13.3. The van der Waals surface area contributed by atoms with Crippen LogP contribution in [0, 0.1) is 5.82 Å². The highest BCUT2D eigenvalue weighted by Gasteiger charge is 2.28. The van der Waals surface area contributed by atoms with E-state index in [9.17, 15) is 9.50 Å². The molecule has 2 unspecified atom stereocenters. The topological polar surface area (TPSA) is 91.6 Å². The smallest absolute Gasteiger partial charge is 0.143 e. The summed E-state index contributed by atoms with van der Waals surface area (Å²) in [4.78, 5) is 8.90. The molecule has 6 nitrogen and oxygen atoms in total. The Hall–Kier alpha value is -2.00. The normalized spacial score (nSPS) is 20.5. The molecular weight excluding hydrogens is 401 g/mol. The van der Waals surface area contributed by atoms with Gasteiger partial charge in [-0.3, -0.25) is 14.9 Å². The number of thiophene rings is 1. The van der Waals surface area contributed by atoms with E-state index in [0.717, 1.165) is 38.4 Å². The summed E-state index contributed by atoms with van der Waals surface area (Å²) in [6.45, 7) is 6.16. The van der Waals surface area contributed by atoms with E-state index >= 15 is 0 Å². The number of pyridine rings is 1. The number of piperidine rings is 1. The standard InChI is InChI=1S/C22H32FN5OS/c1-3-20-10-21(22(30-20)5-7-29)16-4-6-27(15(2)8-16)13-18(24)14-28(25)19-9-17(23)11-26-12-19/h9-12,14-16,29H,3-8,13,24-25H2,1-2H3/b18-14-. The lowest BCUT2D eigenvalue weighted by atomic mass is 9.85. The Balaban J connectivity index is 1.62. The number of nitrogens with zero attached hydrogens (tertiary/aromatic N) is 3. The van der Waals surface area contributed by atoms with Gasteiger partial charge >= 0.3 is 0 Å². The average molecular weight is 434 g/mol. The zero-order valence-electron chi connectivity index (χ0n) is 17.7. The van der Waals surface area contributed by atoms with Crippen LogP contribution in [0.2, 0.25) is 0 Å². The number of nitrogens with two attached hydrogens (primary N) is 2. The largest absolute Gasteiger partial charge is 0.400 e. The molecule has 1 saturated heterocycles. The van der Waals surface area contributed by atoms with Gasteiger partial charge in [-0.2, -0.15) is 0 Å². The highest BCUT2D eigenvalue weighted by atomic mass is 32.1. The molecule has 0 saturated carbocycles. The highest BCUT2D eigenvalue weighted by Crippen LogP contribution is 2.37. The Labute approximate surface area is 182 Å². The first-order chi connectivity index (χ1) is 14.4. The summed E-state index contributed by atoms with van der Waals surface area (Å²) in [6.07, 6.45) is 8.17. The molecule has 0 radical (unpaired) electrons. The van der Waals surface area contributed by atoms with E-state index in [1.807, 2.05) is 11.3 Å². The molecule has 0 amide bonds. The van der Waals surface area contributed by atoms with Crippen molar-refractivity contribution >= 4 is 17.0 Å². The Morgan fingerprint density at radius 2 is 2.23 bits per heavy atom. The number of anilines is 1. The second-order valence-electron chi connectivity index (χ2n) is 7.93. The molecule has 2 atom stereocenters. The van der Waals surface area contributed by atoms with E-state index in [1.54, 1.807) is 6.20 Å². The first kappa shape index (κ1) is 22.7. The summed E-state index contributed by atoms with van der Waals surface area (Å²) in [5.74, 6) is 6.07. The first-order valence-corrected chi connectivity index (χ1v) is 11.3. The number of aryl methyl sites for hydroxylation is 1. The van der Waals surface area contributed by atoms with Gasteiger partial charge in [-0.15, -0.1) is 11.3 Å². The maximum Gasteiger partial charge on any atom is 0.143 e. The predicted molar refractivity (Wildman–Crippen MR) is 121 cm³/mol. The molecule has 2 aromatic rings. The molecule has 3 heterocycles. The molecule has 0 spiro atoms. The molecule has 30 heavy (non-hydrogen) atoms. The van der Waals surface area contributed by atoms with Crippen LogP contribution in [0.15, 0.2) is 36.4 Å². The quantitative estimate of drug-likeness (QED) is 0.438. The van der Waals surface area contributed by atoms with Crippen molar-refractivity contribution in [1.29, 1.82) is 0 Å². The zero-order valence-corrected chi connectivity index (χ0v) is 18.5. The van der Waals surface area contributed by atoms with E-state index in [-0.39, 0.29) is 6.61 Å². The fraction of sp³-hybridized carbons (Fsp3) is 0.500. The minimum atomic E-state index is -0.439. The van der Waals surface area contributed by atoms with Crippen molar-refractivity contribution in [1.82, 2.24) is 9.88 Å². The Kier molecular flexibility index (Phi) is 7.82. The number of hydrazine groups is 1. The summed E-state index contributed by atoms with van der Waals surface area (Å²) >= 11 is 1.84. The van der Waals surface area contributed by atoms with Gasteiger partial charge in [0.05, 0.1) is 18.1 Å². The second-order valence-corrected chi connectivity index (χ2v) is 9.15. The van der Waals surface area contributed by atoms with E-state index < -0.39 is 5.82 Å². The number of halogens is 1. The van der Waals surface area contributed by atoms with Crippen LogP contribution in [0.5, 0.6) is 0 Å². The minimum Gasteiger partial charge on any atom is -0.400 e. The number of likely N-dealkylation sites (tertiary alicyclic amines) is 1. The molecule has 1 aliphatic rings. The molecule has 0 bridgehead atoms. The number of hydrogen-bond acceptors (Lipinski definition) is 7.